The zero-order valence-electron chi connectivity index (χ0n) is 19.9. The molecule has 0 unspecified atom stereocenters. The number of methoxy groups -OCH3 is 1. The molecule has 0 radical (unpaired) electrons. The fraction of sp³-hybridized carbons (Fsp3) is 0.296. The number of nitrogens with zero attached hydrogens (tertiary/aromatic N) is 1. The van der Waals surface area contributed by atoms with Gasteiger partial charge in [-0.05, 0) is 60.2 Å². The van der Waals surface area contributed by atoms with Crippen molar-refractivity contribution in [2.24, 2.45) is 0 Å². The second-order valence-corrected chi connectivity index (χ2v) is 10.2. The minimum Gasteiger partial charge on any atom is -0.496 e. The van der Waals surface area contributed by atoms with Crippen LogP contribution in [0.3, 0.4) is 0 Å². The number of sulfonamides is 1. The van der Waals surface area contributed by atoms with E-state index < -0.39 is 10.0 Å². The lowest BCUT2D eigenvalue weighted by atomic mass is 10.0. The van der Waals surface area contributed by atoms with Crippen LogP contribution in [0.5, 0.6) is 5.75 Å². The van der Waals surface area contributed by atoms with E-state index in [1.807, 2.05) is 36.4 Å². The molecule has 1 amide bonds. The maximum Gasteiger partial charge on any atom is 0.264 e. The molecule has 0 bridgehead atoms. The molecule has 0 fully saturated rings. The van der Waals surface area contributed by atoms with E-state index in [4.69, 9.17) is 4.74 Å². The number of rotatable bonds is 11. The number of ether oxygens (including phenoxy) is 1. The van der Waals surface area contributed by atoms with Crippen LogP contribution in [0.2, 0.25) is 0 Å². The molecule has 3 aromatic carbocycles. The van der Waals surface area contributed by atoms with Gasteiger partial charge >= 0.3 is 0 Å². The second-order valence-electron chi connectivity index (χ2n) is 8.34. The maximum absolute atomic E-state index is 13.4. The standard InChI is InChI=1S/C27H32N2O4S/c1-21(2)22-15-17-24(18-16-22)29(34(31,32)25-12-5-4-6-13-25)20-27(30)28-19-9-11-23-10-7-8-14-26(23)33-3/h4-8,10,12-18,21H,9,11,19-20H2,1-3H3,(H,28,30). The SMILES string of the molecule is COc1ccccc1CCCNC(=O)CN(c1ccc(C(C)C)cc1)S(=O)(=O)c1ccccc1. The third kappa shape index (κ3) is 6.38. The summed E-state index contributed by atoms with van der Waals surface area (Å²) < 4.78 is 33.3. The normalized spacial score (nSPS) is 11.3. The van der Waals surface area contributed by atoms with Gasteiger partial charge in [-0.15, -0.1) is 0 Å². The van der Waals surface area contributed by atoms with Crippen molar-refractivity contribution in [3.8, 4) is 5.75 Å². The molecule has 0 aliphatic carbocycles. The largest absolute Gasteiger partial charge is 0.496 e. The molecule has 1 N–H and O–H groups in total. The Morgan fingerprint density at radius 2 is 1.59 bits per heavy atom. The van der Waals surface area contributed by atoms with Crippen LogP contribution in [0, 0.1) is 0 Å². The number of nitrogens with one attached hydrogen (secondary N) is 1. The van der Waals surface area contributed by atoms with E-state index in [0.717, 1.165) is 23.3 Å². The van der Waals surface area contributed by atoms with Crippen LogP contribution < -0.4 is 14.4 Å². The number of carbonyl (C=O) groups excluding carboxylic acids is 1. The molecule has 7 heteroatoms. The highest BCUT2D eigenvalue weighted by molar-refractivity contribution is 7.92. The van der Waals surface area contributed by atoms with Gasteiger partial charge in [0.2, 0.25) is 5.91 Å². The number of aryl methyl sites for hydroxylation is 1. The summed E-state index contributed by atoms with van der Waals surface area (Å²) >= 11 is 0. The Hall–Kier alpha value is -3.32. The van der Waals surface area contributed by atoms with Gasteiger partial charge < -0.3 is 10.1 Å². The van der Waals surface area contributed by atoms with E-state index in [1.54, 1.807) is 37.4 Å². The zero-order valence-corrected chi connectivity index (χ0v) is 20.7. The van der Waals surface area contributed by atoms with Gasteiger partial charge in [0.1, 0.15) is 12.3 Å². The molecule has 0 aliphatic heterocycles. The number of hydrogen-bond acceptors (Lipinski definition) is 4. The fourth-order valence-electron chi connectivity index (χ4n) is 3.66. The highest BCUT2D eigenvalue weighted by Gasteiger charge is 2.27. The van der Waals surface area contributed by atoms with Crippen LogP contribution in [0.25, 0.3) is 0 Å². The van der Waals surface area contributed by atoms with E-state index in [1.165, 1.54) is 16.4 Å². The Balaban J connectivity index is 1.71. The van der Waals surface area contributed by atoms with Crippen molar-refractivity contribution in [1.29, 1.82) is 0 Å². The topological polar surface area (TPSA) is 75.7 Å². The summed E-state index contributed by atoms with van der Waals surface area (Å²) in [7, 11) is -2.27. The van der Waals surface area contributed by atoms with Crippen molar-refractivity contribution in [3.05, 3.63) is 90.0 Å². The molecule has 0 saturated heterocycles. The molecule has 34 heavy (non-hydrogen) atoms. The number of amides is 1. The quantitative estimate of drug-likeness (QED) is 0.402. The summed E-state index contributed by atoms with van der Waals surface area (Å²) in [5.74, 6) is 0.783. The molecule has 0 aromatic heterocycles. The van der Waals surface area contributed by atoms with Crippen molar-refractivity contribution in [2.45, 2.75) is 37.5 Å². The van der Waals surface area contributed by atoms with Crippen LogP contribution in [0.15, 0.2) is 83.8 Å². The number of carbonyl (C=O) groups is 1. The molecule has 6 nitrogen and oxygen atoms in total. The molecule has 0 spiro atoms. The van der Waals surface area contributed by atoms with Gasteiger partial charge in [-0.2, -0.15) is 0 Å². The molecule has 180 valence electrons. The number of para-hydroxylation sites is 1. The van der Waals surface area contributed by atoms with Crippen LogP contribution >= 0.6 is 0 Å². The summed E-state index contributed by atoms with van der Waals surface area (Å²) in [6.45, 7) is 4.28. The van der Waals surface area contributed by atoms with E-state index in [9.17, 15) is 13.2 Å². The van der Waals surface area contributed by atoms with E-state index in [2.05, 4.69) is 19.2 Å². The first-order valence-corrected chi connectivity index (χ1v) is 12.8. The Labute approximate surface area is 202 Å². The van der Waals surface area contributed by atoms with Gasteiger partial charge in [-0.25, -0.2) is 8.42 Å². The minimum atomic E-state index is -3.91. The Morgan fingerprint density at radius 1 is 0.941 bits per heavy atom. The zero-order chi connectivity index (χ0) is 24.6. The second kappa shape index (κ2) is 11.7. The first kappa shape index (κ1) is 25.3. The summed E-state index contributed by atoms with van der Waals surface area (Å²) in [6.07, 6.45) is 1.45. The van der Waals surface area contributed by atoms with Crippen LogP contribution in [0.4, 0.5) is 5.69 Å². The highest BCUT2D eigenvalue weighted by atomic mass is 32.2. The molecule has 0 atom stereocenters. The molecule has 0 saturated carbocycles. The van der Waals surface area contributed by atoms with Crippen molar-refractivity contribution in [1.82, 2.24) is 5.32 Å². The van der Waals surface area contributed by atoms with E-state index in [-0.39, 0.29) is 17.3 Å². The lowest BCUT2D eigenvalue weighted by molar-refractivity contribution is -0.119. The first-order valence-electron chi connectivity index (χ1n) is 11.4. The van der Waals surface area contributed by atoms with Gasteiger partial charge in [0, 0.05) is 6.54 Å². The Morgan fingerprint density at radius 3 is 2.24 bits per heavy atom. The number of anilines is 1. The lowest BCUT2D eigenvalue weighted by Crippen LogP contribution is -2.41. The predicted octanol–water partition coefficient (Wildman–Crippen LogP) is 4.76. The van der Waals surface area contributed by atoms with Crippen molar-refractivity contribution in [2.75, 3.05) is 24.5 Å². The molecular weight excluding hydrogens is 448 g/mol. The van der Waals surface area contributed by atoms with Crippen LogP contribution in [-0.2, 0) is 21.2 Å². The monoisotopic (exact) mass is 480 g/mol. The maximum atomic E-state index is 13.4. The minimum absolute atomic E-state index is 0.145. The lowest BCUT2D eigenvalue weighted by Gasteiger charge is -2.24. The van der Waals surface area contributed by atoms with Crippen LogP contribution in [-0.4, -0.2) is 34.5 Å². The molecule has 3 aromatic rings. The molecule has 3 rings (SSSR count). The molecular formula is C27H32N2O4S. The average molecular weight is 481 g/mol. The van der Waals surface area contributed by atoms with Gasteiger partial charge in [-0.3, -0.25) is 9.10 Å². The van der Waals surface area contributed by atoms with Gasteiger partial charge in [0.15, 0.2) is 0 Å². The predicted molar refractivity (Wildman–Crippen MR) is 136 cm³/mol. The van der Waals surface area contributed by atoms with Crippen LogP contribution in [0.1, 0.15) is 37.3 Å². The van der Waals surface area contributed by atoms with Crippen molar-refractivity contribution < 1.29 is 17.9 Å². The van der Waals surface area contributed by atoms with Gasteiger partial charge in [0.05, 0.1) is 17.7 Å². The smallest absolute Gasteiger partial charge is 0.264 e. The number of hydrogen-bond donors (Lipinski definition) is 1. The highest BCUT2D eigenvalue weighted by Crippen LogP contribution is 2.26. The van der Waals surface area contributed by atoms with Gasteiger partial charge in [0.25, 0.3) is 10.0 Å². The Kier molecular flexibility index (Phi) is 8.71. The molecule has 0 heterocycles. The summed E-state index contributed by atoms with van der Waals surface area (Å²) in [5.41, 5.74) is 2.62. The average Bonchev–Trinajstić information content (AvgIpc) is 2.86. The number of benzene rings is 3. The third-order valence-corrected chi connectivity index (χ3v) is 7.39. The van der Waals surface area contributed by atoms with Crippen molar-refractivity contribution in [3.63, 3.8) is 0 Å². The van der Waals surface area contributed by atoms with Gasteiger partial charge in [-0.1, -0.05) is 62.4 Å². The fourth-order valence-corrected chi connectivity index (χ4v) is 5.10. The molecule has 0 aliphatic rings. The Bertz CT molecular complexity index is 1180. The van der Waals surface area contributed by atoms with Crippen molar-refractivity contribution >= 4 is 21.6 Å². The summed E-state index contributed by atoms with van der Waals surface area (Å²) in [5, 5.41) is 2.86. The third-order valence-electron chi connectivity index (χ3n) is 5.60. The first-order chi connectivity index (χ1) is 16.3. The van der Waals surface area contributed by atoms with E-state index in [0.29, 0.717) is 24.6 Å². The summed E-state index contributed by atoms with van der Waals surface area (Å²) in [6, 6.07) is 23.3. The van der Waals surface area contributed by atoms with E-state index >= 15 is 0 Å². The summed E-state index contributed by atoms with van der Waals surface area (Å²) in [4.78, 5) is 12.9.